The van der Waals surface area contributed by atoms with Crippen LogP contribution in [0.5, 0.6) is 5.75 Å². The Morgan fingerprint density at radius 3 is 2.71 bits per heavy atom. The molecule has 1 N–H and O–H groups in total. The van der Waals surface area contributed by atoms with Crippen molar-refractivity contribution in [3.63, 3.8) is 0 Å². The van der Waals surface area contributed by atoms with Gasteiger partial charge < -0.3 is 15.0 Å². The minimum atomic E-state index is -0.704. The Labute approximate surface area is 161 Å². The predicted molar refractivity (Wildman–Crippen MR) is 102 cm³/mol. The van der Waals surface area contributed by atoms with Crippen LogP contribution in [0, 0.1) is 5.82 Å². The number of fused-ring (bicyclic) bond motifs is 1. The fourth-order valence-electron chi connectivity index (χ4n) is 2.85. The number of nitrogens with zero attached hydrogens (tertiary/aromatic N) is 2. The van der Waals surface area contributed by atoms with Gasteiger partial charge in [0.1, 0.15) is 18.1 Å². The number of para-hydroxylation sites is 2. The second kappa shape index (κ2) is 8.08. The highest BCUT2D eigenvalue weighted by Crippen LogP contribution is 2.33. The Bertz CT molecular complexity index is 918. The predicted octanol–water partition coefficient (Wildman–Crippen LogP) is 2.04. The highest BCUT2D eigenvalue weighted by molar-refractivity contribution is 6.04. The third-order valence-electron chi connectivity index (χ3n) is 4.28. The van der Waals surface area contributed by atoms with Crippen LogP contribution in [-0.2, 0) is 14.4 Å². The number of amides is 3. The molecule has 28 heavy (non-hydrogen) atoms. The summed E-state index contributed by atoms with van der Waals surface area (Å²) in [5.41, 5.74) is 0.813. The topological polar surface area (TPSA) is 79.0 Å². The van der Waals surface area contributed by atoms with E-state index in [9.17, 15) is 18.8 Å². The Kier molecular flexibility index (Phi) is 5.58. The Morgan fingerprint density at radius 1 is 1.21 bits per heavy atom. The molecule has 0 radical (unpaired) electrons. The van der Waals surface area contributed by atoms with Crippen molar-refractivity contribution in [3.8, 4) is 5.75 Å². The van der Waals surface area contributed by atoms with Gasteiger partial charge in [-0.25, -0.2) is 4.39 Å². The van der Waals surface area contributed by atoms with Gasteiger partial charge in [-0.05, 0) is 37.3 Å². The first-order chi connectivity index (χ1) is 13.3. The quantitative estimate of drug-likeness (QED) is 0.854. The van der Waals surface area contributed by atoms with E-state index in [0.29, 0.717) is 17.1 Å². The Balaban J connectivity index is 1.64. The molecule has 1 aliphatic heterocycles. The first-order valence-corrected chi connectivity index (χ1v) is 8.71. The number of hydrogen-bond donors (Lipinski definition) is 1. The molecule has 3 amide bonds. The number of carbonyl (C=O) groups is 3. The molecule has 2 aromatic carbocycles. The summed E-state index contributed by atoms with van der Waals surface area (Å²) in [7, 11) is 1.47. The summed E-state index contributed by atoms with van der Waals surface area (Å²) in [5.74, 6) is -1.16. The SMILES string of the molecule is C[C@H]1Oc2ccccc2N(CC(=O)N(C)CC(=O)Nc2cccc(F)c2)C1=O. The normalized spacial score (nSPS) is 15.5. The molecule has 1 aliphatic rings. The maximum Gasteiger partial charge on any atom is 0.268 e. The molecule has 0 bridgehead atoms. The van der Waals surface area contributed by atoms with Gasteiger partial charge in [0.2, 0.25) is 11.8 Å². The summed E-state index contributed by atoms with van der Waals surface area (Å²) in [5, 5.41) is 2.53. The highest BCUT2D eigenvalue weighted by Gasteiger charge is 2.33. The molecule has 0 aliphatic carbocycles. The zero-order chi connectivity index (χ0) is 20.3. The van der Waals surface area contributed by atoms with Crippen LogP contribution in [0.25, 0.3) is 0 Å². The van der Waals surface area contributed by atoms with Gasteiger partial charge in [0.05, 0.1) is 12.2 Å². The molecule has 3 rings (SSSR count). The summed E-state index contributed by atoms with van der Waals surface area (Å²) in [4.78, 5) is 39.7. The van der Waals surface area contributed by atoms with Gasteiger partial charge in [-0.3, -0.25) is 19.3 Å². The first-order valence-electron chi connectivity index (χ1n) is 8.71. The van der Waals surface area contributed by atoms with Gasteiger partial charge in [0, 0.05) is 12.7 Å². The number of carbonyl (C=O) groups excluding carboxylic acids is 3. The minimum Gasteiger partial charge on any atom is -0.479 e. The monoisotopic (exact) mass is 385 g/mol. The van der Waals surface area contributed by atoms with Crippen molar-refractivity contribution in [3.05, 3.63) is 54.3 Å². The van der Waals surface area contributed by atoms with Crippen LogP contribution in [0.2, 0.25) is 0 Å². The van der Waals surface area contributed by atoms with Gasteiger partial charge in [-0.15, -0.1) is 0 Å². The van der Waals surface area contributed by atoms with Crippen LogP contribution >= 0.6 is 0 Å². The summed E-state index contributed by atoms with van der Waals surface area (Å²) in [6.07, 6.45) is -0.704. The summed E-state index contributed by atoms with van der Waals surface area (Å²) in [6.45, 7) is 1.17. The largest absolute Gasteiger partial charge is 0.479 e. The molecule has 0 fully saturated rings. The van der Waals surface area contributed by atoms with Crippen molar-refractivity contribution in [1.82, 2.24) is 4.90 Å². The van der Waals surface area contributed by atoms with E-state index in [0.717, 1.165) is 0 Å². The van der Waals surface area contributed by atoms with Crippen molar-refractivity contribution in [2.24, 2.45) is 0 Å². The molecule has 146 valence electrons. The number of halogens is 1. The average Bonchev–Trinajstić information content (AvgIpc) is 2.65. The summed E-state index contributed by atoms with van der Waals surface area (Å²) in [6, 6.07) is 12.4. The highest BCUT2D eigenvalue weighted by atomic mass is 19.1. The fourth-order valence-corrected chi connectivity index (χ4v) is 2.85. The van der Waals surface area contributed by atoms with E-state index in [-0.39, 0.29) is 19.0 Å². The third-order valence-corrected chi connectivity index (χ3v) is 4.28. The smallest absolute Gasteiger partial charge is 0.268 e. The maximum atomic E-state index is 13.2. The second-order valence-electron chi connectivity index (χ2n) is 6.46. The number of nitrogens with one attached hydrogen (secondary N) is 1. The molecule has 0 spiro atoms. The van der Waals surface area contributed by atoms with E-state index in [2.05, 4.69) is 5.32 Å². The number of hydrogen-bond acceptors (Lipinski definition) is 4. The van der Waals surface area contributed by atoms with Gasteiger partial charge in [-0.2, -0.15) is 0 Å². The molecule has 1 atom stereocenters. The number of anilines is 2. The Morgan fingerprint density at radius 2 is 1.96 bits per heavy atom. The van der Waals surface area contributed by atoms with Gasteiger partial charge in [0.25, 0.3) is 5.91 Å². The van der Waals surface area contributed by atoms with Gasteiger partial charge in [-0.1, -0.05) is 18.2 Å². The third kappa shape index (κ3) is 4.28. The molecule has 8 heteroatoms. The average molecular weight is 385 g/mol. The molecular formula is C20H20FN3O4. The lowest BCUT2D eigenvalue weighted by Gasteiger charge is -2.33. The standard InChI is InChI=1S/C20H20FN3O4/c1-13-20(27)24(16-8-3-4-9-17(16)28-13)12-19(26)23(2)11-18(25)22-15-7-5-6-14(21)10-15/h3-10,13H,11-12H2,1-2H3,(H,22,25)/t13-/m1/s1. The van der Waals surface area contributed by atoms with Crippen molar-refractivity contribution in [2.75, 3.05) is 30.4 Å². The van der Waals surface area contributed by atoms with Crippen LogP contribution in [0.15, 0.2) is 48.5 Å². The van der Waals surface area contributed by atoms with Crippen molar-refractivity contribution in [2.45, 2.75) is 13.0 Å². The van der Waals surface area contributed by atoms with E-state index >= 15 is 0 Å². The first kappa shape index (κ1) is 19.3. The zero-order valence-corrected chi connectivity index (χ0v) is 15.5. The van der Waals surface area contributed by atoms with Gasteiger partial charge in [0.15, 0.2) is 6.10 Å². The zero-order valence-electron chi connectivity index (χ0n) is 15.5. The fraction of sp³-hybridized carbons (Fsp3) is 0.250. The molecule has 0 aromatic heterocycles. The van der Waals surface area contributed by atoms with E-state index in [1.54, 1.807) is 37.3 Å². The lowest BCUT2D eigenvalue weighted by molar-refractivity contribution is -0.134. The Hall–Kier alpha value is -3.42. The van der Waals surface area contributed by atoms with Crippen LogP contribution < -0.4 is 15.0 Å². The van der Waals surface area contributed by atoms with E-state index in [1.807, 2.05) is 0 Å². The number of rotatable bonds is 5. The lowest BCUT2D eigenvalue weighted by atomic mass is 10.2. The van der Waals surface area contributed by atoms with Gasteiger partial charge >= 0.3 is 0 Å². The number of benzene rings is 2. The van der Waals surface area contributed by atoms with E-state index in [4.69, 9.17) is 4.74 Å². The van der Waals surface area contributed by atoms with E-state index in [1.165, 1.54) is 35.0 Å². The van der Waals surface area contributed by atoms with Crippen LogP contribution in [0.3, 0.4) is 0 Å². The van der Waals surface area contributed by atoms with Crippen LogP contribution in [0.4, 0.5) is 15.8 Å². The molecule has 0 unspecified atom stereocenters. The van der Waals surface area contributed by atoms with Crippen molar-refractivity contribution < 1.29 is 23.5 Å². The summed E-state index contributed by atoms with van der Waals surface area (Å²) < 4.78 is 18.7. The molecular weight excluding hydrogens is 365 g/mol. The molecule has 2 aromatic rings. The number of ether oxygens (including phenoxy) is 1. The molecule has 7 nitrogen and oxygen atoms in total. The molecule has 0 saturated heterocycles. The van der Waals surface area contributed by atoms with E-state index < -0.39 is 23.7 Å². The molecule has 1 heterocycles. The summed E-state index contributed by atoms with van der Waals surface area (Å²) >= 11 is 0. The minimum absolute atomic E-state index is 0.215. The van der Waals surface area contributed by atoms with Crippen molar-refractivity contribution >= 4 is 29.1 Å². The number of likely N-dealkylation sites (N-methyl/N-ethyl adjacent to an activating group) is 1. The molecule has 0 saturated carbocycles. The maximum absolute atomic E-state index is 13.2. The van der Waals surface area contributed by atoms with Crippen LogP contribution in [-0.4, -0.2) is 48.9 Å². The van der Waals surface area contributed by atoms with Crippen LogP contribution in [0.1, 0.15) is 6.92 Å². The second-order valence-corrected chi connectivity index (χ2v) is 6.46. The lowest BCUT2D eigenvalue weighted by Crippen LogP contribution is -2.49. The van der Waals surface area contributed by atoms with Crippen molar-refractivity contribution in [1.29, 1.82) is 0 Å².